The first kappa shape index (κ1) is 18.5. The third-order valence-electron chi connectivity index (χ3n) is 3.63. The van der Waals surface area contributed by atoms with Gasteiger partial charge < -0.3 is 10.6 Å². The predicted octanol–water partition coefficient (Wildman–Crippen LogP) is 4.10. The molecule has 1 aromatic heterocycles. The van der Waals surface area contributed by atoms with Gasteiger partial charge in [-0.3, -0.25) is 4.79 Å². The van der Waals surface area contributed by atoms with E-state index in [1.54, 1.807) is 22.4 Å². The Morgan fingerprint density at radius 2 is 2.13 bits per heavy atom. The van der Waals surface area contributed by atoms with Crippen LogP contribution in [0.25, 0.3) is 10.6 Å². The van der Waals surface area contributed by atoms with Crippen molar-refractivity contribution in [2.45, 2.75) is 18.9 Å². The maximum absolute atomic E-state index is 12.5. The van der Waals surface area contributed by atoms with Crippen LogP contribution in [0.1, 0.15) is 23.3 Å². The molecule has 1 amide bonds. The maximum atomic E-state index is 12.5. The van der Waals surface area contributed by atoms with Crippen LogP contribution in [0.4, 0.5) is 0 Å². The van der Waals surface area contributed by atoms with Gasteiger partial charge in [0.25, 0.3) is 5.91 Å². The Morgan fingerprint density at radius 3 is 2.83 bits per heavy atom. The lowest BCUT2D eigenvalue weighted by molar-refractivity contribution is 0.0704. The summed E-state index contributed by atoms with van der Waals surface area (Å²) in [4.78, 5) is 18.7. The smallest absolute Gasteiger partial charge is 0.273 e. The summed E-state index contributed by atoms with van der Waals surface area (Å²) >= 11 is 13.4. The highest BCUT2D eigenvalue weighted by atomic mass is 35.5. The van der Waals surface area contributed by atoms with Gasteiger partial charge in [0.05, 0.1) is 10.0 Å². The Bertz CT molecular complexity index is 707. The quantitative estimate of drug-likeness (QED) is 0.837. The molecule has 1 fully saturated rings. The van der Waals surface area contributed by atoms with Crippen molar-refractivity contribution in [2.75, 3.05) is 13.1 Å². The summed E-state index contributed by atoms with van der Waals surface area (Å²) in [5.74, 6) is -0.0577. The van der Waals surface area contributed by atoms with Gasteiger partial charge in [0.2, 0.25) is 0 Å². The average Bonchev–Trinajstić information content (AvgIpc) is 2.99. The van der Waals surface area contributed by atoms with E-state index in [1.807, 2.05) is 6.07 Å². The van der Waals surface area contributed by atoms with Crippen LogP contribution in [-0.2, 0) is 0 Å². The van der Waals surface area contributed by atoms with E-state index >= 15 is 0 Å². The van der Waals surface area contributed by atoms with Crippen molar-refractivity contribution >= 4 is 52.9 Å². The van der Waals surface area contributed by atoms with E-state index in [1.165, 1.54) is 11.3 Å². The summed E-state index contributed by atoms with van der Waals surface area (Å²) in [7, 11) is 0. The highest BCUT2D eigenvalue weighted by Gasteiger charge is 2.24. The largest absolute Gasteiger partial charge is 0.336 e. The first-order valence-electron chi connectivity index (χ1n) is 7.00. The molecule has 1 saturated heterocycles. The fourth-order valence-electron chi connectivity index (χ4n) is 2.49. The Morgan fingerprint density at radius 1 is 1.35 bits per heavy atom. The number of benzene rings is 1. The van der Waals surface area contributed by atoms with Crippen LogP contribution < -0.4 is 5.73 Å². The molecule has 2 N–H and O–H groups in total. The second kappa shape index (κ2) is 7.81. The molecule has 23 heavy (non-hydrogen) atoms. The predicted molar refractivity (Wildman–Crippen MR) is 97.9 cm³/mol. The zero-order valence-electron chi connectivity index (χ0n) is 12.2. The van der Waals surface area contributed by atoms with Gasteiger partial charge in [0, 0.05) is 30.1 Å². The fourth-order valence-corrected chi connectivity index (χ4v) is 3.58. The Balaban J connectivity index is 0.00000192. The van der Waals surface area contributed by atoms with Gasteiger partial charge >= 0.3 is 0 Å². The lowest BCUT2D eigenvalue weighted by atomic mass is 10.1. The van der Waals surface area contributed by atoms with Crippen LogP contribution in [0.5, 0.6) is 0 Å². The third-order valence-corrected chi connectivity index (χ3v) is 5.27. The number of nitrogens with two attached hydrogens (primary N) is 1. The molecule has 8 heteroatoms. The van der Waals surface area contributed by atoms with E-state index < -0.39 is 0 Å². The van der Waals surface area contributed by atoms with Crippen LogP contribution in [0, 0.1) is 0 Å². The van der Waals surface area contributed by atoms with Crippen LogP contribution >= 0.6 is 46.9 Å². The van der Waals surface area contributed by atoms with Gasteiger partial charge in [0.1, 0.15) is 10.7 Å². The van der Waals surface area contributed by atoms with Gasteiger partial charge in [0.15, 0.2) is 0 Å². The number of thiazole rings is 1. The van der Waals surface area contributed by atoms with Gasteiger partial charge in [-0.15, -0.1) is 23.7 Å². The Kier molecular flexibility index (Phi) is 6.28. The third kappa shape index (κ3) is 4.17. The lowest BCUT2D eigenvalue weighted by Gasteiger charge is -2.30. The van der Waals surface area contributed by atoms with Crippen LogP contribution in [0.3, 0.4) is 0 Å². The minimum atomic E-state index is -0.0577. The summed E-state index contributed by atoms with van der Waals surface area (Å²) < 4.78 is 0. The van der Waals surface area contributed by atoms with E-state index in [0.29, 0.717) is 22.3 Å². The van der Waals surface area contributed by atoms with E-state index in [2.05, 4.69) is 4.98 Å². The van der Waals surface area contributed by atoms with E-state index in [-0.39, 0.29) is 24.4 Å². The first-order valence-corrected chi connectivity index (χ1v) is 8.64. The van der Waals surface area contributed by atoms with Gasteiger partial charge in [-0.05, 0) is 25.0 Å². The highest BCUT2D eigenvalue weighted by molar-refractivity contribution is 7.13. The normalized spacial score (nSPS) is 17.7. The van der Waals surface area contributed by atoms with Gasteiger partial charge in [-0.25, -0.2) is 4.98 Å². The lowest BCUT2D eigenvalue weighted by Crippen LogP contribution is -2.45. The second-order valence-electron chi connectivity index (χ2n) is 5.32. The number of carbonyl (C=O) groups excluding carboxylic acids is 1. The van der Waals surface area contributed by atoms with Gasteiger partial charge in [-0.1, -0.05) is 29.3 Å². The minimum absolute atomic E-state index is 0. The summed E-state index contributed by atoms with van der Waals surface area (Å²) in [6, 6.07) is 5.39. The topological polar surface area (TPSA) is 59.2 Å². The molecule has 4 nitrogen and oxygen atoms in total. The van der Waals surface area contributed by atoms with Crippen LogP contribution in [-0.4, -0.2) is 34.9 Å². The summed E-state index contributed by atoms with van der Waals surface area (Å²) in [6.45, 7) is 1.34. The molecule has 2 aromatic rings. The number of amides is 1. The number of aromatic nitrogens is 1. The number of hydrogen-bond donors (Lipinski definition) is 1. The van der Waals surface area contributed by atoms with Crippen molar-refractivity contribution < 1.29 is 4.79 Å². The summed E-state index contributed by atoms with van der Waals surface area (Å²) in [5.41, 5.74) is 7.24. The highest BCUT2D eigenvalue weighted by Crippen LogP contribution is 2.30. The molecule has 3 rings (SSSR count). The molecule has 1 aromatic carbocycles. The number of carbonyl (C=O) groups is 1. The van der Waals surface area contributed by atoms with Crippen molar-refractivity contribution in [3.05, 3.63) is 39.3 Å². The molecule has 1 atom stereocenters. The molecule has 1 aliphatic rings. The van der Waals surface area contributed by atoms with Crippen molar-refractivity contribution in [1.82, 2.24) is 9.88 Å². The minimum Gasteiger partial charge on any atom is -0.336 e. The number of nitrogens with zero attached hydrogens (tertiary/aromatic N) is 2. The van der Waals surface area contributed by atoms with Crippen molar-refractivity contribution in [2.24, 2.45) is 5.73 Å². The Labute approximate surface area is 155 Å². The molecule has 0 aliphatic carbocycles. The molecule has 2 heterocycles. The number of piperidine rings is 1. The molecular weight excluding hydrogens is 377 g/mol. The number of halogens is 3. The molecule has 0 spiro atoms. The molecular formula is C15H16Cl3N3OS. The standard InChI is InChI=1S/C15H15Cl2N3OS.ClH/c16-11-4-3-9(6-12(11)17)14-19-13(8-22-14)15(21)20-5-1-2-10(18)7-20;/h3-4,6,8,10H,1-2,5,7,18H2;1H. The van der Waals surface area contributed by atoms with E-state index in [9.17, 15) is 4.79 Å². The zero-order valence-corrected chi connectivity index (χ0v) is 15.3. The van der Waals surface area contributed by atoms with Crippen molar-refractivity contribution in [3.63, 3.8) is 0 Å². The summed E-state index contributed by atoms with van der Waals surface area (Å²) in [6.07, 6.45) is 1.91. The van der Waals surface area contributed by atoms with Crippen LogP contribution in [0.2, 0.25) is 10.0 Å². The number of hydrogen-bond acceptors (Lipinski definition) is 4. The maximum Gasteiger partial charge on any atom is 0.273 e. The van der Waals surface area contributed by atoms with Crippen molar-refractivity contribution in [1.29, 1.82) is 0 Å². The molecule has 0 radical (unpaired) electrons. The van der Waals surface area contributed by atoms with E-state index in [0.717, 1.165) is 30.0 Å². The zero-order chi connectivity index (χ0) is 15.7. The number of rotatable bonds is 2. The monoisotopic (exact) mass is 391 g/mol. The molecule has 124 valence electrons. The fraction of sp³-hybridized carbons (Fsp3) is 0.333. The second-order valence-corrected chi connectivity index (χ2v) is 6.99. The van der Waals surface area contributed by atoms with Gasteiger partial charge in [-0.2, -0.15) is 0 Å². The summed E-state index contributed by atoms with van der Waals surface area (Å²) in [5, 5.41) is 3.51. The van der Waals surface area contributed by atoms with Crippen LogP contribution in [0.15, 0.2) is 23.6 Å². The Hall–Kier alpha value is -0.850. The van der Waals surface area contributed by atoms with E-state index in [4.69, 9.17) is 28.9 Å². The first-order chi connectivity index (χ1) is 10.5. The molecule has 0 saturated carbocycles. The SMILES string of the molecule is Cl.NC1CCCN(C(=O)c2csc(-c3ccc(Cl)c(Cl)c3)n2)C1. The number of likely N-dealkylation sites (tertiary alicyclic amines) is 1. The molecule has 1 unspecified atom stereocenters. The molecule has 0 bridgehead atoms. The van der Waals surface area contributed by atoms with Crippen molar-refractivity contribution in [3.8, 4) is 10.6 Å². The molecule has 1 aliphatic heterocycles. The average molecular weight is 393 g/mol.